The zero-order chi connectivity index (χ0) is 13.0. The zero-order valence-electron chi connectivity index (χ0n) is 9.91. The first kappa shape index (κ1) is 13.4. The van der Waals surface area contributed by atoms with E-state index in [9.17, 15) is 4.39 Å². The Bertz CT molecular complexity index is 510. The number of halogens is 2. The number of nitrogens with one attached hydrogen (secondary N) is 1. The predicted molar refractivity (Wildman–Crippen MR) is 72.3 cm³/mol. The Morgan fingerprint density at radius 1 is 1.39 bits per heavy atom. The lowest BCUT2D eigenvalue weighted by Crippen LogP contribution is -2.13. The van der Waals surface area contributed by atoms with Crippen LogP contribution in [0.15, 0.2) is 18.2 Å². The fraction of sp³-hybridized carbons (Fsp3) is 0.333. The van der Waals surface area contributed by atoms with Crippen molar-refractivity contribution in [3.05, 3.63) is 34.0 Å². The second-order valence-corrected chi connectivity index (χ2v) is 5.24. The summed E-state index contributed by atoms with van der Waals surface area (Å²) in [5.74, 6) is -0.369. The molecule has 96 valence electrons. The van der Waals surface area contributed by atoms with Crippen molar-refractivity contribution in [2.75, 3.05) is 6.54 Å². The Balaban J connectivity index is 2.19. The topological polar surface area (TPSA) is 37.8 Å². The lowest BCUT2D eigenvalue weighted by molar-refractivity contribution is 0.631. The molecule has 2 aromatic rings. The number of hydrogen-bond acceptors (Lipinski definition) is 4. The first-order valence-corrected chi connectivity index (χ1v) is 6.89. The Morgan fingerprint density at radius 2 is 2.22 bits per heavy atom. The van der Waals surface area contributed by atoms with E-state index < -0.39 is 0 Å². The summed E-state index contributed by atoms with van der Waals surface area (Å²) in [5, 5.41) is 13.0. The second kappa shape index (κ2) is 6.22. The average molecular weight is 286 g/mol. The summed E-state index contributed by atoms with van der Waals surface area (Å²) in [7, 11) is 0. The maximum Gasteiger partial charge on any atom is 0.152 e. The van der Waals surface area contributed by atoms with Gasteiger partial charge in [0.05, 0.1) is 10.6 Å². The molecule has 0 fully saturated rings. The first-order valence-electron chi connectivity index (χ1n) is 5.70. The van der Waals surface area contributed by atoms with Gasteiger partial charge in [-0.1, -0.05) is 35.9 Å². The van der Waals surface area contributed by atoms with Gasteiger partial charge in [0, 0.05) is 6.54 Å². The van der Waals surface area contributed by atoms with Crippen LogP contribution in [0.1, 0.15) is 18.4 Å². The summed E-state index contributed by atoms with van der Waals surface area (Å²) >= 11 is 7.34. The van der Waals surface area contributed by atoms with E-state index in [1.165, 1.54) is 17.4 Å². The van der Waals surface area contributed by atoms with Gasteiger partial charge in [-0.3, -0.25) is 0 Å². The van der Waals surface area contributed by atoms with Crippen LogP contribution >= 0.6 is 22.9 Å². The van der Waals surface area contributed by atoms with E-state index in [0.717, 1.165) is 18.0 Å². The highest BCUT2D eigenvalue weighted by atomic mass is 35.5. The molecular weight excluding hydrogens is 273 g/mol. The fourth-order valence-corrected chi connectivity index (χ4v) is 2.68. The zero-order valence-corrected chi connectivity index (χ0v) is 11.5. The molecule has 0 aliphatic heterocycles. The van der Waals surface area contributed by atoms with E-state index in [0.29, 0.717) is 22.1 Å². The van der Waals surface area contributed by atoms with E-state index in [1.54, 1.807) is 12.1 Å². The van der Waals surface area contributed by atoms with E-state index in [1.807, 2.05) is 0 Å². The molecule has 2 rings (SSSR count). The highest BCUT2D eigenvalue weighted by Gasteiger charge is 2.14. The van der Waals surface area contributed by atoms with Gasteiger partial charge in [-0.25, -0.2) is 4.39 Å². The van der Waals surface area contributed by atoms with Crippen LogP contribution in [0.25, 0.3) is 10.6 Å². The smallest absolute Gasteiger partial charge is 0.152 e. The Kier molecular flexibility index (Phi) is 4.63. The van der Waals surface area contributed by atoms with Gasteiger partial charge in [0.25, 0.3) is 0 Å². The number of hydrogen-bond donors (Lipinski definition) is 1. The molecule has 0 atom stereocenters. The van der Waals surface area contributed by atoms with Gasteiger partial charge in [-0.2, -0.15) is 0 Å². The highest BCUT2D eigenvalue weighted by molar-refractivity contribution is 7.14. The molecule has 0 aliphatic carbocycles. The lowest BCUT2D eigenvalue weighted by Gasteiger charge is -2.00. The molecule has 1 aromatic carbocycles. The van der Waals surface area contributed by atoms with E-state index >= 15 is 0 Å². The van der Waals surface area contributed by atoms with E-state index in [4.69, 9.17) is 11.6 Å². The molecule has 18 heavy (non-hydrogen) atoms. The maximum absolute atomic E-state index is 13.7. The summed E-state index contributed by atoms with van der Waals surface area (Å²) in [5.41, 5.74) is 0.332. The van der Waals surface area contributed by atoms with Crippen molar-refractivity contribution in [1.82, 2.24) is 15.5 Å². The highest BCUT2D eigenvalue weighted by Crippen LogP contribution is 2.32. The van der Waals surface area contributed by atoms with Crippen molar-refractivity contribution in [3.63, 3.8) is 0 Å². The van der Waals surface area contributed by atoms with Crippen LogP contribution < -0.4 is 5.32 Å². The Hall–Kier alpha value is -1.04. The van der Waals surface area contributed by atoms with Crippen molar-refractivity contribution >= 4 is 22.9 Å². The number of aromatic nitrogens is 2. The first-order chi connectivity index (χ1) is 8.72. The second-order valence-electron chi connectivity index (χ2n) is 3.77. The average Bonchev–Trinajstić information content (AvgIpc) is 2.78. The van der Waals surface area contributed by atoms with Crippen LogP contribution in [0.2, 0.25) is 5.02 Å². The molecule has 1 heterocycles. The van der Waals surface area contributed by atoms with Crippen molar-refractivity contribution in [3.8, 4) is 10.6 Å². The van der Waals surface area contributed by atoms with Gasteiger partial charge in [0.2, 0.25) is 0 Å². The van der Waals surface area contributed by atoms with Crippen LogP contribution in [0.5, 0.6) is 0 Å². The van der Waals surface area contributed by atoms with Gasteiger partial charge >= 0.3 is 0 Å². The SMILES string of the molecule is CCCNCc1nnc(-c2c(F)cccc2Cl)s1. The summed E-state index contributed by atoms with van der Waals surface area (Å²) in [4.78, 5) is 0. The molecule has 0 spiro atoms. The molecule has 0 saturated heterocycles. The van der Waals surface area contributed by atoms with Crippen LogP contribution in [-0.4, -0.2) is 16.7 Å². The quantitative estimate of drug-likeness (QED) is 0.855. The summed E-state index contributed by atoms with van der Waals surface area (Å²) in [6.07, 6.45) is 1.06. The van der Waals surface area contributed by atoms with E-state index in [2.05, 4.69) is 22.4 Å². The minimum Gasteiger partial charge on any atom is -0.310 e. The van der Waals surface area contributed by atoms with Crippen molar-refractivity contribution in [1.29, 1.82) is 0 Å². The fourth-order valence-electron chi connectivity index (χ4n) is 1.50. The molecule has 0 radical (unpaired) electrons. The third-order valence-electron chi connectivity index (χ3n) is 2.35. The van der Waals surface area contributed by atoms with E-state index in [-0.39, 0.29) is 5.82 Å². The van der Waals surface area contributed by atoms with Crippen LogP contribution in [0.3, 0.4) is 0 Å². The number of benzene rings is 1. The molecule has 3 nitrogen and oxygen atoms in total. The normalized spacial score (nSPS) is 10.8. The maximum atomic E-state index is 13.7. The van der Waals surface area contributed by atoms with Crippen molar-refractivity contribution < 1.29 is 4.39 Å². The van der Waals surface area contributed by atoms with Crippen LogP contribution in [-0.2, 0) is 6.54 Å². The summed E-state index contributed by atoms with van der Waals surface area (Å²) in [6.45, 7) is 3.67. The molecule has 1 aromatic heterocycles. The van der Waals surface area contributed by atoms with Crippen LogP contribution in [0.4, 0.5) is 4.39 Å². The Morgan fingerprint density at radius 3 is 2.94 bits per heavy atom. The van der Waals surface area contributed by atoms with Gasteiger partial charge < -0.3 is 5.32 Å². The largest absolute Gasteiger partial charge is 0.310 e. The standard InChI is InChI=1S/C12H13ClFN3S/c1-2-6-15-7-10-16-17-12(18-10)11-8(13)4-3-5-9(11)14/h3-5,15H,2,6-7H2,1H3. The summed E-state index contributed by atoms with van der Waals surface area (Å²) < 4.78 is 13.7. The van der Waals surface area contributed by atoms with Gasteiger partial charge in [-0.15, -0.1) is 10.2 Å². The molecule has 6 heteroatoms. The monoisotopic (exact) mass is 285 g/mol. The molecule has 0 saturated carbocycles. The van der Waals surface area contributed by atoms with Crippen molar-refractivity contribution in [2.45, 2.75) is 19.9 Å². The molecule has 0 amide bonds. The Labute approximate surface area is 114 Å². The van der Waals surface area contributed by atoms with Crippen molar-refractivity contribution in [2.24, 2.45) is 0 Å². The predicted octanol–water partition coefficient (Wildman–Crippen LogP) is 3.50. The third kappa shape index (κ3) is 3.04. The van der Waals surface area contributed by atoms with Gasteiger partial charge in [0.1, 0.15) is 10.8 Å². The molecular formula is C12H13ClFN3S. The molecule has 0 bridgehead atoms. The van der Waals surface area contributed by atoms with Crippen LogP contribution in [0, 0.1) is 5.82 Å². The number of nitrogens with zero attached hydrogens (tertiary/aromatic N) is 2. The molecule has 1 N–H and O–H groups in total. The minimum absolute atomic E-state index is 0.332. The molecule has 0 unspecified atom stereocenters. The molecule has 0 aliphatic rings. The minimum atomic E-state index is -0.369. The lowest BCUT2D eigenvalue weighted by atomic mass is 10.2. The number of rotatable bonds is 5. The van der Waals surface area contributed by atoms with Gasteiger partial charge in [-0.05, 0) is 25.1 Å². The third-order valence-corrected chi connectivity index (χ3v) is 3.60. The van der Waals surface area contributed by atoms with Gasteiger partial charge in [0.15, 0.2) is 5.01 Å². The summed E-state index contributed by atoms with van der Waals surface area (Å²) in [6, 6.07) is 4.60.